The number of anilines is 1. The van der Waals surface area contributed by atoms with E-state index in [1.54, 1.807) is 47.9 Å². The quantitative estimate of drug-likeness (QED) is 0.189. The van der Waals surface area contributed by atoms with Crippen LogP contribution in [-0.4, -0.2) is 38.5 Å². The number of carboxylic acids is 1. The Balaban J connectivity index is 1.27. The molecule has 0 fully saturated rings. The van der Waals surface area contributed by atoms with Crippen LogP contribution in [0, 0.1) is 6.92 Å². The number of aromatic nitrogens is 3. The van der Waals surface area contributed by atoms with Crippen molar-refractivity contribution in [2.45, 2.75) is 26.2 Å². The summed E-state index contributed by atoms with van der Waals surface area (Å²) in [5, 5.41) is 12.8. The van der Waals surface area contributed by atoms with Gasteiger partial charge < -0.3 is 15.2 Å². The van der Waals surface area contributed by atoms with Gasteiger partial charge in [-0.05, 0) is 55.3 Å². The van der Waals surface area contributed by atoms with Crippen molar-refractivity contribution >= 4 is 28.9 Å². The van der Waals surface area contributed by atoms with E-state index in [1.807, 2.05) is 61.7 Å². The van der Waals surface area contributed by atoms with Gasteiger partial charge in [-0.15, -0.1) is 11.3 Å². The first kappa shape index (κ1) is 27.7. The summed E-state index contributed by atoms with van der Waals surface area (Å²) in [5.41, 5.74) is 5.39. The minimum Gasteiger partial charge on any atom is -0.491 e. The van der Waals surface area contributed by atoms with Gasteiger partial charge in [0, 0.05) is 41.2 Å². The van der Waals surface area contributed by atoms with Gasteiger partial charge in [0.25, 0.3) is 5.91 Å². The van der Waals surface area contributed by atoms with Crippen molar-refractivity contribution in [3.8, 4) is 27.6 Å². The summed E-state index contributed by atoms with van der Waals surface area (Å²) in [6, 6.07) is 24.5. The number of carbonyl (C=O) groups is 2. The molecule has 0 radical (unpaired) electrons. The lowest BCUT2D eigenvalue weighted by Crippen LogP contribution is -2.15. The van der Waals surface area contributed by atoms with Crippen LogP contribution in [0.3, 0.4) is 0 Å². The number of ether oxygens (including phenoxy) is 1. The van der Waals surface area contributed by atoms with Gasteiger partial charge in [0.2, 0.25) is 0 Å². The molecule has 41 heavy (non-hydrogen) atoms. The van der Waals surface area contributed by atoms with Crippen LogP contribution >= 0.6 is 11.3 Å². The van der Waals surface area contributed by atoms with Gasteiger partial charge in [0.05, 0.1) is 23.7 Å². The van der Waals surface area contributed by atoms with Crippen LogP contribution in [0.5, 0.6) is 5.75 Å². The summed E-state index contributed by atoms with van der Waals surface area (Å²) in [6.45, 7) is 2.38. The van der Waals surface area contributed by atoms with E-state index in [-0.39, 0.29) is 18.0 Å². The van der Waals surface area contributed by atoms with Gasteiger partial charge in [-0.1, -0.05) is 42.5 Å². The number of rotatable bonds is 11. The Kier molecular flexibility index (Phi) is 8.76. The zero-order valence-electron chi connectivity index (χ0n) is 22.4. The first-order valence-corrected chi connectivity index (χ1v) is 14.0. The predicted octanol–water partition coefficient (Wildman–Crippen LogP) is 6.47. The molecule has 5 rings (SSSR count). The molecule has 2 aromatic carbocycles. The highest BCUT2D eigenvalue weighted by molar-refractivity contribution is 7.15. The highest BCUT2D eigenvalue weighted by atomic mass is 32.1. The van der Waals surface area contributed by atoms with Gasteiger partial charge in [-0.2, -0.15) is 0 Å². The van der Waals surface area contributed by atoms with E-state index in [1.165, 1.54) is 0 Å². The van der Waals surface area contributed by atoms with Gasteiger partial charge in [0.15, 0.2) is 0 Å². The molecule has 8 nitrogen and oxygen atoms in total. The molecule has 0 aliphatic rings. The second-order valence-electron chi connectivity index (χ2n) is 9.31. The van der Waals surface area contributed by atoms with E-state index < -0.39 is 5.97 Å². The number of aliphatic carboxylic acids is 1. The van der Waals surface area contributed by atoms with Crippen molar-refractivity contribution in [1.29, 1.82) is 0 Å². The van der Waals surface area contributed by atoms with Crippen LogP contribution in [0.4, 0.5) is 5.69 Å². The van der Waals surface area contributed by atoms with Gasteiger partial charge in [-0.25, -0.2) is 4.98 Å². The lowest BCUT2D eigenvalue weighted by Gasteiger charge is -2.14. The molecule has 2 N–H and O–H groups in total. The Hall–Kier alpha value is -4.89. The summed E-state index contributed by atoms with van der Waals surface area (Å²) >= 11 is 1.62. The minimum atomic E-state index is -0.884. The Bertz CT molecular complexity index is 1640. The fourth-order valence-corrected chi connectivity index (χ4v) is 5.18. The SMILES string of the molecule is Cc1sc(-c2ccc(-c3ccccc3)nc2)nc1CCOc1ccc(CCC(=O)O)cc1NC(=O)c1ccccn1. The van der Waals surface area contributed by atoms with Crippen LogP contribution in [-0.2, 0) is 17.6 Å². The predicted molar refractivity (Wildman–Crippen MR) is 159 cm³/mol. The molecule has 0 bridgehead atoms. The molecule has 0 saturated heterocycles. The number of nitrogens with one attached hydrogen (secondary N) is 1. The Morgan fingerprint density at radius 2 is 1.76 bits per heavy atom. The largest absolute Gasteiger partial charge is 0.491 e. The lowest BCUT2D eigenvalue weighted by atomic mass is 10.1. The smallest absolute Gasteiger partial charge is 0.303 e. The third kappa shape index (κ3) is 7.20. The maximum atomic E-state index is 12.8. The summed E-state index contributed by atoms with van der Waals surface area (Å²) < 4.78 is 6.09. The third-order valence-corrected chi connectivity index (χ3v) is 7.45. The number of hydrogen-bond donors (Lipinski definition) is 2. The topological polar surface area (TPSA) is 114 Å². The molecule has 5 aromatic rings. The van der Waals surface area contributed by atoms with E-state index in [0.717, 1.165) is 38.0 Å². The summed E-state index contributed by atoms with van der Waals surface area (Å²) in [6.07, 6.45) is 4.30. The van der Waals surface area contributed by atoms with Crippen LogP contribution < -0.4 is 10.1 Å². The normalized spacial score (nSPS) is 10.8. The van der Waals surface area contributed by atoms with Crippen molar-refractivity contribution in [2.75, 3.05) is 11.9 Å². The average molecular weight is 565 g/mol. The maximum absolute atomic E-state index is 12.8. The molecule has 0 unspecified atom stereocenters. The second-order valence-corrected chi connectivity index (χ2v) is 10.5. The summed E-state index contributed by atoms with van der Waals surface area (Å²) in [7, 11) is 0. The van der Waals surface area contributed by atoms with E-state index in [0.29, 0.717) is 30.9 Å². The molecule has 3 aromatic heterocycles. The van der Waals surface area contributed by atoms with E-state index in [2.05, 4.69) is 15.3 Å². The molecule has 0 spiro atoms. The zero-order chi connectivity index (χ0) is 28.6. The molecule has 0 aliphatic heterocycles. The number of hydrogen-bond acceptors (Lipinski definition) is 7. The van der Waals surface area contributed by atoms with Crippen molar-refractivity contribution in [3.05, 3.63) is 113 Å². The zero-order valence-corrected chi connectivity index (χ0v) is 23.2. The molecule has 0 saturated carbocycles. The Labute approximate surface area is 241 Å². The molecule has 1 amide bonds. The average Bonchev–Trinajstić information content (AvgIpc) is 3.38. The van der Waals surface area contributed by atoms with Gasteiger partial charge in [0.1, 0.15) is 16.5 Å². The molecule has 206 valence electrons. The van der Waals surface area contributed by atoms with Crippen LogP contribution in [0.15, 0.2) is 91.3 Å². The fourth-order valence-electron chi connectivity index (χ4n) is 4.23. The Morgan fingerprint density at radius 1 is 0.927 bits per heavy atom. The highest BCUT2D eigenvalue weighted by Gasteiger charge is 2.15. The Morgan fingerprint density at radius 3 is 2.49 bits per heavy atom. The molecular weight excluding hydrogens is 536 g/mol. The number of amides is 1. The van der Waals surface area contributed by atoms with Crippen LogP contribution in [0.2, 0.25) is 0 Å². The number of carbonyl (C=O) groups excluding carboxylic acids is 1. The number of pyridine rings is 2. The third-order valence-electron chi connectivity index (χ3n) is 6.39. The molecule has 3 heterocycles. The first-order valence-electron chi connectivity index (χ1n) is 13.1. The fraction of sp³-hybridized carbons (Fsp3) is 0.156. The second kappa shape index (κ2) is 13.0. The lowest BCUT2D eigenvalue weighted by molar-refractivity contribution is -0.136. The number of aryl methyl sites for hydroxylation is 2. The van der Waals surface area contributed by atoms with Crippen molar-refractivity contribution in [2.24, 2.45) is 0 Å². The van der Waals surface area contributed by atoms with E-state index >= 15 is 0 Å². The number of nitrogens with zero attached hydrogens (tertiary/aromatic N) is 3. The number of thiazole rings is 1. The molecule has 0 aliphatic carbocycles. The molecular formula is C32H28N4O4S. The van der Waals surface area contributed by atoms with Crippen molar-refractivity contribution in [1.82, 2.24) is 15.0 Å². The molecule has 0 atom stereocenters. The standard InChI is InChI=1S/C32H28N4O4S/c1-21-25(36-32(41-21)24-12-13-26(34-20-24)23-7-3-2-4-8-23)16-18-40-29-14-10-22(11-15-30(37)38)19-28(29)35-31(39)27-9-5-6-17-33-27/h2-10,12-14,17,19-20H,11,15-16,18H2,1H3,(H,35,39)(H,37,38). The van der Waals surface area contributed by atoms with Crippen LogP contribution in [0.1, 0.15) is 33.0 Å². The number of benzene rings is 2. The monoisotopic (exact) mass is 564 g/mol. The minimum absolute atomic E-state index is 0.0101. The number of carboxylic acid groups (broad SMARTS) is 1. The van der Waals surface area contributed by atoms with Gasteiger partial charge >= 0.3 is 5.97 Å². The van der Waals surface area contributed by atoms with Crippen LogP contribution in [0.25, 0.3) is 21.8 Å². The summed E-state index contributed by atoms with van der Waals surface area (Å²) in [5.74, 6) is -0.773. The van der Waals surface area contributed by atoms with Gasteiger partial charge in [-0.3, -0.25) is 19.6 Å². The van der Waals surface area contributed by atoms with E-state index in [4.69, 9.17) is 14.8 Å². The summed E-state index contributed by atoms with van der Waals surface area (Å²) in [4.78, 5) is 38.5. The van der Waals surface area contributed by atoms with Crippen molar-refractivity contribution in [3.63, 3.8) is 0 Å². The molecule has 9 heteroatoms. The first-order chi connectivity index (χ1) is 20.0. The maximum Gasteiger partial charge on any atom is 0.303 e. The van der Waals surface area contributed by atoms with E-state index in [9.17, 15) is 9.59 Å². The van der Waals surface area contributed by atoms with Crippen molar-refractivity contribution < 1.29 is 19.4 Å². The highest BCUT2D eigenvalue weighted by Crippen LogP contribution is 2.30.